The second-order valence-electron chi connectivity index (χ2n) is 9.76. The fourth-order valence-electron chi connectivity index (χ4n) is 5.28. The number of allylic oxidation sites excluding steroid dienone is 3. The molecule has 4 nitrogen and oxygen atoms in total. The van der Waals surface area contributed by atoms with Gasteiger partial charge in [0.2, 0.25) is 0 Å². The lowest BCUT2D eigenvalue weighted by molar-refractivity contribution is 0.0617. The highest BCUT2D eigenvalue weighted by Gasteiger charge is 2.25. The number of rotatable bonds is 6. The van der Waals surface area contributed by atoms with Crippen LogP contribution in [0.2, 0.25) is 0 Å². The molecule has 0 saturated carbocycles. The minimum Gasteiger partial charge on any atom is -0.490 e. The normalized spacial score (nSPS) is 22.4. The van der Waals surface area contributed by atoms with Gasteiger partial charge in [0, 0.05) is 36.6 Å². The molecule has 1 saturated heterocycles. The molecule has 1 fully saturated rings. The fourth-order valence-corrected chi connectivity index (χ4v) is 5.28. The molecule has 186 valence electrons. The maximum absolute atomic E-state index is 14.9. The monoisotopic (exact) mass is 481 g/mol. The minimum absolute atomic E-state index is 0.0529. The van der Waals surface area contributed by atoms with Gasteiger partial charge in [0.25, 0.3) is 0 Å². The molecule has 0 amide bonds. The molecule has 2 aliphatic heterocycles. The van der Waals surface area contributed by atoms with Gasteiger partial charge in [-0.05, 0) is 62.1 Å². The van der Waals surface area contributed by atoms with Crippen LogP contribution in [-0.2, 0) is 22.6 Å². The summed E-state index contributed by atoms with van der Waals surface area (Å²) in [5.41, 5.74) is 3.58. The van der Waals surface area contributed by atoms with Crippen molar-refractivity contribution in [2.45, 2.75) is 64.6 Å². The average Bonchev–Trinajstić information content (AvgIpc) is 2.87. The molecule has 0 N–H and O–H groups in total. The third kappa shape index (κ3) is 5.22. The lowest BCUT2D eigenvalue weighted by Crippen LogP contribution is -2.37. The van der Waals surface area contributed by atoms with Gasteiger partial charge in [-0.15, -0.1) is 0 Å². The van der Waals surface area contributed by atoms with Crippen molar-refractivity contribution in [3.05, 3.63) is 87.9 Å². The Morgan fingerprint density at radius 3 is 2.77 bits per heavy atom. The van der Waals surface area contributed by atoms with E-state index < -0.39 is 11.6 Å². The molecular weight excluding hydrogens is 448 g/mol. The third-order valence-electron chi connectivity index (χ3n) is 7.46. The highest BCUT2D eigenvalue weighted by molar-refractivity contribution is 5.42. The molecule has 1 aliphatic carbocycles. The first kappa shape index (κ1) is 23.9. The van der Waals surface area contributed by atoms with Crippen LogP contribution in [-0.4, -0.2) is 30.7 Å². The van der Waals surface area contributed by atoms with Crippen molar-refractivity contribution in [1.29, 1.82) is 0 Å². The van der Waals surface area contributed by atoms with Crippen molar-refractivity contribution in [2.24, 2.45) is 0 Å². The first-order valence-corrected chi connectivity index (χ1v) is 12.6. The van der Waals surface area contributed by atoms with Crippen molar-refractivity contribution in [3.8, 4) is 5.75 Å². The number of hydrogen-bond acceptors (Lipinski definition) is 4. The van der Waals surface area contributed by atoms with E-state index in [1.807, 2.05) is 25.1 Å². The highest BCUT2D eigenvalue weighted by atomic mass is 19.1. The fraction of sp³-hybridized carbons (Fsp3) is 0.448. The van der Waals surface area contributed by atoms with Crippen LogP contribution < -0.4 is 4.74 Å². The Hall–Kier alpha value is -2.86. The zero-order valence-corrected chi connectivity index (χ0v) is 20.5. The van der Waals surface area contributed by atoms with Crippen LogP contribution in [0.1, 0.15) is 60.8 Å². The quantitative estimate of drug-likeness (QED) is 0.470. The average molecular weight is 482 g/mol. The molecule has 0 spiro atoms. The van der Waals surface area contributed by atoms with Gasteiger partial charge in [-0.25, -0.2) is 8.78 Å². The summed E-state index contributed by atoms with van der Waals surface area (Å²) in [5.74, 6) is 0.880. The smallest absolute Gasteiger partial charge is 0.165 e. The topological polar surface area (TPSA) is 30.9 Å². The Balaban J connectivity index is 1.27. The number of nitrogens with zero attached hydrogens (tertiary/aromatic N) is 1. The van der Waals surface area contributed by atoms with Gasteiger partial charge in [-0.3, -0.25) is 4.90 Å². The number of benzene rings is 2. The Labute approximate surface area is 206 Å². The highest BCUT2D eigenvalue weighted by Crippen LogP contribution is 2.36. The van der Waals surface area contributed by atoms with E-state index in [1.54, 1.807) is 0 Å². The van der Waals surface area contributed by atoms with E-state index in [9.17, 15) is 8.78 Å². The van der Waals surface area contributed by atoms with Crippen LogP contribution in [0.3, 0.4) is 0 Å². The minimum atomic E-state index is -0.524. The van der Waals surface area contributed by atoms with Crippen LogP contribution >= 0.6 is 0 Å². The number of hydrogen-bond donors (Lipinski definition) is 0. The molecule has 2 aromatic rings. The standard InChI is InChI=1S/C29H33F2NO3/c1-19-6-3-4-11-32(19)17-23-14-26(31)28(16-25(23)30)35-18-22-7-5-8-24(20(22)2)21-9-10-27-29(15-21)34-13-12-33-27/h5,7-10,14,16,19,21H,3-4,6,11-13,15,17-18H2,1-2H3/t19-,21?/m1/s1. The molecule has 0 aromatic heterocycles. The Kier molecular flexibility index (Phi) is 7.09. The second kappa shape index (κ2) is 10.4. The SMILES string of the molecule is Cc1c(COc2cc(F)c(CN3CCCC[C@H]3C)cc2F)cccc1C1C=CC2=C(C1)OCCO2. The first-order chi connectivity index (χ1) is 17.0. The molecule has 2 heterocycles. The predicted octanol–water partition coefficient (Wildman–Crippen LogP) is 6.53. The summed E-state index contributed by atoms with van der Waals surface area (Å²) in [7, 11) is 0. The van der Waals surface area contributed by atoms with E-state index in [4.69, 9.17) is 14.2 Å². The second-order valence-corrected chi connectivity index (χ2v) is 9.76. The van der Waals surface area contributed by atoms with Crippen molar-refractivity contribution < 1.29 is 23.0 Å². The largest absolute Gasteiger partial charge is 0.490 e. The summed E-state index contributed by atoms with van der Waals surface area (Å²) < 4.78 is 47.0. The molecule has 1 unspecified atom stereocenters. The Morgan fingerprint density at radius 2 is 1.91 bits per heavy atom. The molecule has 2 atom stereocenters. The summed E-state index contributed by atoms with van der Waals surface area (Å²) in [6.45, 7) is 6.86. The van der Waals surface area contributed by atoms with Gasteiger partial charge in [0.05, 0.1) is 0 Å². The van der Waals surface area contributed by atoms with Crippen LogP contribution in [0.4, 0.5) is 8.78 Å². The van der Waals surface area contributed by atoms with Gasteiger partial charge in [-0.1, -0.05) is 30.7 Å². The number of halogens is 2. The van der Waals surface area contributed by atoms with E-state index >= 15 is 0 Å². The van der Waals surface area contributed by atoms with Gasteiger partial charge < -0.3 is 14.2 Å². The molecule has 0 bridgehead atoms. The Morgan fingerprint density at radius 1 is 1.06 bits per heavy atom. The molecular formula is C29H33F2NO3. The zero-order chi connectivity index (χ0) is 24.4. The van der Waals surface area contributed by atoms with Gasteiger partial charge in [-0.2, -0.15) is 0 Å². The first-order valence-electron chi connectivity index (χ1n) is 12.6. The van der Waals surface area contributed by atoms with Crippen molar-refractivity contribution in [1.82, 2.24) is 4.90 Å². The lowest BCUT2D eigenvalue weighted by atomic mass is 9.86. The van der Waals surface area contributed by atoms with Crippen LogP contribution in [0.5, 0.6) is 5.75 Å². The molecule has 35 heavy (non-hydrogen) atoms. The summed E-state index contributed by atoms with van der Waals surface area (Å²) in [6.07, 6.45) is 8.26. The van der Waals surface area contributed by atoms with Crippen LogP contribution in [0.15, 0.2) is 54.0 Å². The molecule has 6 heteroatoms. The van der Waals surface area contributed by atoms with E-state index in [-0.39, 0.29) is 18.3 Å². The summed E-state index contributed by atoms with van der Waals surface area (Å²) in [5, 5.41) is 0. The number of ether oxygens (including phenoxy) is 3. The molecule has 5 rings (SSSR count). The summed E-state index contributed by atoms with van der Waals surface area (Å²) in [6, 6.07) is 8.92. The van der Waals surface area contributed by atoms with E-state index in [1.165, 1.54) is 24.1 Å². The zero-order valence-electron chi connectivity index (χ0n) is 20.5. The van der Waals surface area contributed by atoms with Gasteiger partial charge in [0.15, 0.2) is 17.3 Å². The predicted molar refractivity (Wildman–Crippen MR) is 131 cm³/mol. The maximum atomic E-state index is 14.9. The molecule has 3 aliphatic rings. The van der Waals surface area contributed by atoms with Crippen LogP contribution in [0.25, 0.3) is 0 Å². The van der Waals surface area contributed by atoms with Crippen molar-refractivity contribution >= 4 is 0 Å². The van der Waals surface area contributed by atoms with Crippen LogP contribution in [0, 0.1) is 18.6 Å². The Bertz CT molecular complexity index is 1140. The van der Waals surface area contributed by atoms with E-state index in [0.717, 1.165) is 48.5 Å². The third-order valence-corrected chi connectivity index (χ3v) is 7.46. The number of piperidine rings is 1. The van der Waals surface area contributed by atoms with Crippen molar-refractivity contribution in [3.63, 3.8) is 0 Å². The van der Waals surface area contributed by atoms with Gasteiger partial charge >= 0.3 is 0 Å². The van der Waals surface area contributed by atoms with E-state index in [2.05, 4.69) is 24.0 Å². The lowest BCUT2D eigenvalue weighted by Gasteiger charge is -2.33. The number of likely N-dealkylation sites (tertiary alicyclic amines) is 1. The summed E-state index contributed by atoms with van der Waals surface area (Å²) >= 11 is 0. The molecule has 0 radical (unpaired) electrons. The van der Waals surface area contributed by atoms with Crippen molar-refractivity contribution in [2.75, 3.05) is 19.8 Å². The maximum Gasteiger partial charge on any atom is 0.165 e. The van der Waals surface area contributed by atoms with Gasteiger partial charge in [0.1, 0.15) is 31.4 Å². The molecule has 2 aromatic carbocycles. The summed E-state index contributed by atoms with van der Waals surface area (Å²) in [4.78, 5) is 2.22. The van der Waals surface area contributed by atoms with E-state index in [0.29, 0.717) is 31.4 Å².